The number of likely N-dealkylation sites (N-methyl/N-ethyl adjacent to an activating group) is 1. The van der Waals surface area contributed by atoms with Crippen LogP contribution in [0.15, 0.2) is 51.9 Å². The lowest BCUT2D eigenvalue weighted by atomic mass is 10.2. The van der Waals surface area contributed by atoms with Gasteiger partial charge >= 0.3 is 0 Å². The average Bonchev–Trinajstić information content (AvgIpc) is 2.44. The SMILES string of the molecule is CCN(C(=O)Cn1cc(Br)ccc1=O)c1cccc(C)c1. The van der Waals surface area contributed by atoms with Crippen LogP contribution in [0.1, 0.15) is 12.5 Å². The van der Waals surface area contributed by atoms with E-state index in [0.29, 0.717) is 6.54 Å². The van der Waals surface area contributed by atoms with Gasteiger partial charge in [0.15, 0.2) is 0 Å². The molecule has 110 valence electrons. The zero-order chi connectivity index (χ0) is 15.4. The first kappa shape index (κ1) is 15.5. The number of hydrogen-bond donors (Lipinski definition) is 0. The summed E-state index contributed by atoms with van der Waals surface area (Å²) in [6.07, 6.45) is 1.63. The van der Waals surface area contributed by atoms with Crippen molar-refractivity contribution in [2.24, 2.45) is 0 Å². The molecule has 2 aromatic rings. The Labute approximate surface area is 132 Å². The Morgan fingerprint density at radius 2 is 2.05 bits per heavy atom. The van der Waals surface area contributed by atoms with Crippen molar-refractivity contribution in [3.05, 3.63) is 63.0 Å². The van der Waals surface area contributed by atoms with Gasteiger partial charge in [-0.3, -0.25) is 9.59 Å². The maximum absolute atomic E-state index is 12.5. The molecule has 0 bridgehead atoms. The van der Waals surface area contributed by atoms with Crippen molar-refractivity contribution in [2.45, 2.75) is 20.4 Å². The van der Waals surface area contributed by atoms with Crippen LogP contribution in [0.4, 0.5) is 5.69 Å². The summed E-state index contributed by atoms with van der Waals surface area (Å²) in [5, 5.41) is 0. The zero-order valence-electron chi connectivity index (χ0n) is 12.0. The first-order valence-corrected chi connectivity index (χ1v) is 7.53. The maximum Gasteiger partial charge on any atom is 0.251 e. The molecule has 1 amide bonds. The molecule has 0 aliphatic rings. The summed E-state index contributed by atoms with van der Waals surface area (Å²) < 4.78 is 2.18. The van der Waals surface area contributed by atoms with Gasteiger partial charge in [0.05, 0.1) is 0 Å². The molecule has 5 heteroatoms. The molecule has 0 saturated carbocycles. The highest BCUT2D eigenvalue weighted by molar-refractivity contribution is 9.10. The minimum atomic E-state index is -0.188. The van der Waals surface area contributed by atoms with Crippen molar-refractivity contribution in [1.29, 1.82) is 0 Å². The fraction of sp³-hybridized carbons (Fsp3) is 0.250. The van der Waals surface area contributed by atoms with Gasteiger partial charge in [-0.2, -0.15) is 0 Å². The molecule has 0 saturated heterocycles. The van der Waals surface area contributed by atoms with Gasteiger partial charge in [0.25, 0.3) is 5.56 Å². The lowest BCUT2D eigenvalue weighted by Crippen LogP contribution is -2.36. The number of aryl methyl sites for hydroxylation is 1. The van der Waals surface area contributed by atoms with E-state index in [9.17, 15) is 9.59 Å². The van der Waals surface area contributed by atoms with Crippen LogP contribution in [0, 0.1) is 6.92 Å². The van der Waals surface area contributed by atoms with E-state index in [0.717, 1.165) is 15.7 Å². The van der Waals surface area contributed by atoms with Crippen LogP contribution in [0.25, 0.3) is 0 Å². The summed E-state index contributed by atoms with van der Waals surface area (Å²) in [6, 6.07) is 10.9. The predicted molar refractivity (Wildman–Crippen MR) is 87.6 cm³/mol. The third-order valence-corrected chi connectivity index (χ3v) is 3.65. The first-order chi connectivity index (χ1) is 10.0. The summed E-state index contributed by atoms with van der Waals surface area (Å²) >= 11 is 3.31. The number of aromatic nitrogens is 1. The molecule has 0 atom stereocenters. The van der Waals surface area contributed by atoms with Crippen molar-refractivity contribution in [2.75, 3.05) is 11.4 Å². The topological polar surface area (TPSA) is 42.3 Å². The highest BCUT2D eigenvalue weighted by atomic mass is 79.9. The molecule has 0 aliphatic carbocycles. The lowest BCUT2D eigenvalue weighted by Gasteiger charge is -2.22. The first-order valence-electron chi connectivity index (χ1n) is 6.74. The van der Waals surface area contributed by atoms with Gasteiger partial charge in [0.1, 0.15) is 6.54 Å². The summed E-state index contributed by atoms with van der Waals surface area (Å²) in [4.78, 5) is 25.9. The molecular weight excluding hydrogens is 332 g/mol. The molecule has 4 nitrogen and oxygen atoms in total. The Morgan fingerprint density at radius 1 is 1.29 bits per heavy atom. The molecule has 0 aliphatic heterocycles. The Kier molecular flexibility index (Phi) is 4.96. The van der Waals surface area contributed by atoms with Gasteiger partial charge in [0, 0.05) is 29.0 Å². The maximum atomic E-state index is 12.5. The third kappa shape index (κ3) is 3.82. The van der Waals surface area contributed by atoms with Gasteiger partial charge < -0.3 is 9.47 Å². The summed E-state index contributed by atoms with van der Waals surface area (Å²) in [7, 11) is 0. The predicted octanol–water partition coefficient (Wildman–Crippen LogP) is 2.97. The number of halogens is 1. The number of pyridine rings is 1. The summed E-state index contributed by atoms with van der Waals surface area (Å²) in [6.45, 7) is 4.50. The number of rotatable bonds is 4. The number of amides is 1. The van der Waals surface area contributed by atoms with Gasteiger partial charge in [-0.1, -0.05) is 12.1 Å². The Bertz CT molecular complexity index is 709. The number of hydrogen-bond acceptors (Lipinski definition) is 2. The molecule has 0 radical (unpaired) electrons. The molecule has 0 fully saturated rings. The Balaban J connectivity index is 2.25. The number of carbonyl (C=O) groups is 1. The Morgan fingerprint density at radius 3 is 2.71 bits per heavy atom. The summed E-state index contributed by atoms with van der Waals surface area (Å²) in [5.74, 6) is -0.108. The molecule has 0 unspecified atom stereocenters. The van der Waals surface area contributed by atoms with Gasteiger partial charge in [-0.05, 0) is 53.5 Å². The average molecular weight is 349 g/mol. The zero-order valence-corrected chi connectivity index (χ0v) is 13.6. The second kappa shape index (κ2) is 6.72. The lowest BCUT2D eigenvalue weighted by molar-refractivity contribution is -0.119. The second-order valence-corrected chi connectivity index (χ2v) is 5.71. The number of nitrogens with zero attached hydrogens (tertiary/aromatic N) is 2. The summed E-state index contributed by atoms with van der Waals surface area (Å²) in [5.41, 5.74) is 1.76. The van der Waals surface area contributed by atoms with E-state index >= 15 is 0 Å². The molecular formula is C16H17BrN2O2. The molecule has 21 heavy (non-hydrogen) atoms. The molecule has 1 heterocycles. The smallest absolute Gasteiger partial charge is 0.251 e. The second-order valence-electron chi connectivity index (χ2n) is 4.79. The molecule has 0 N–H and O–H groups in total. The van der Waals surface area contributed by atoms with Crippen LogP contribution in [-0.2, 0) is 11.3 Å². The van der Waals surface area contributed by atoms with Crippen molar-refractivity contribution in [3.63, 3.8) is 0 Å². The monoisotopic (exact) mass is 348 g/mol. The molecule has 2 rings (SSSR count). The van der Waals surface area contributed by atoms with Crippen molar-refractivity contribution < 1.29 is 4.79 Å². The molecule has 0 spiro atoms. The third-order valence-electron chi connectivity index (χ3n) is 3.18. The fourth-order valence-electron chi connectivity index (χ4n) is 2.16. The van der Waals surface area contributed by atoms with Gasteiger partial charge in [-0.25, -0.2) is 0 Å². The van der Waals surface area contributed by atoms with Crippen LogP contribution >= 0.6 is 15.9 Å². The van der Waals surface area contributed by atoms with E-state index < -0.39 is 0 Å². The quantitative estimate of drug-likeness (QED) is 0.852. The van der Waals surface area contributed by atoms with Crippen molar-refractivity contribution >= 4 is 27.5 Å². The van der Waals surface area contributed by atoms with Crippen LogP contribution in [0.3, 0.4) is 0 Å². The largest absolute Gasteiger partial charge is 0.311 e. The van der Waals surface area contributed by atoms with Crippen molar-refractivity contribution in [1.82, 2.24) is 4.57 Å². The highest BCUT2D eigenvalue weighted by Gasteiger charge is 2.15. The number of benzene rings is 1. The van der Waals surface area contributed by atoms with Gasteiger partial charge in [0.2, 0.25) is 5.91 Å². The van der Waals surface area contributed by atoms with Crippen molar-refractivity contribution in [3.8, 4) is 0 Å². The van der Waals surface area contributed by atoms with E-state index in [4.69, 9.17) is 0 Å². The van der Waals surface area contributed by atoms with E-state index in [1.54, 1.807) is 17.2 Å². The number of anilines is 1. The number of carbonyl (C=O) groups excluding carboxylic acids is 1. The van der Waals surface area contributed by atoms with E-state index in [-0.39, 0.29) is 18.0 Å². The Hall–Kier alpha value is -1.88. The minimum absolute atomic E-state index is 0.0278. The normalized spacial score (nSPS) is 10.4. The molecule has 1 aromatic carbocycles. The van der Waals surface area contributed by atoms with E-state index in [2.05, 4.69) is 15.9 Å². The van der Waals surface area contributed by atoms with Gasteiger partial charge in [-0.15, -0.1) is 0 Å². The minimum Gasteiger partial charge on any atom is -0.311 e. The van der Waals surface area contributed by atoms with Crippen LogP contribution in [0.5, 0.6) is 0 Å². The highest BCUT2D eigenvalue weighted by Crippen LogP contribution is 2.16. The standard InChI is InChI=1S/C16H17BrN2O2/c1-3-19(14-6-4-5-12(2)9-14)16(21)11-18-10-13(17)7-8-15(18)20/h4-10H,3,11H2,1-2H3. The fourth-order valence-corrected chi connectivity index (χ4v) is 2.53. The van der Waals surface area contributed by atoms with E-state index in [1.807, 2.05) is 38.1 Å². The molecule has 1 aromatic heterocycles. The van der Waals surface area contributed by atoms with Crippen LogP contribution in [-0.4, -0.2) is 17.0 Å². The van der Waals surface area contributed by atoms with E-state index in [1.165, 1.54) is 10.6 Å². The van der Waals surface area contributed by atoms with Crippen LogP contribution < -0.4 is 10.5 Å². The van der Waals surface area contributed by atoms with Crippen LogP contribution in [0.2, 0.25) is 0 Å².